The van der Waals surface area contributed by atoms with E-state index < -0.39 is 11.9 Å². The Balaban J connectivity index is 2.29. The van der Waals surface area contributed by atoms with Crippen LogP contribution in [0, 0.1) is 0 Å². The summed E-state index contributed by atoms with van der Waals surface area (Å²) in [4.78, 5) is 4.20. The third-order valence-electron chi connectivity index (χ3n) is 2.29. The van der Waals surface area contributed by atoms with E-state index in [0.29, 0.717) is 11.6 Å². The highest BCUT2D eigenvalue weighted by Crippen LogP contribution is 2.27. The summed E-state index contributed by atoms with van der Waals surface area (Å²) in [5.41, 5.74) is -0.934. The van der Waals surface area contributed by atoms with E-state index in [2.05, 4.69) is 15.4 Å². The first-order valence-electron chi connectivity index (χ1n) is 5.73. The zero-order chi connectivity index (χ0) is 14.0. The Hall–Kier alpha value is -2.05. The Bertz CT molecular complexity index is 560. The molecule has 0 aliphatic heterocycles. The molecule has 1 N–H and O–H groups in total. The molecule has 0 aliphatic carbocycles. The predicted octanol–water partition coefficient (Wildman–Crippen LogP) is 3.11. The van der Waals surface area contributed by atoms with Crippen molar-refractivity contribution in [2.45, 2.75) is 26.1 Å². The quantitative estimate of drug-likeness (QED) is 0.931. The second-order valence-corrected chi connectivity index (χ2v) is 4.32. The lowest BCUT2D eigenvalue weighted by molar-refractivity contribution is -0.141. The van der Waals surface area contributed by atoms with Gasteiger partial charge in [0, 0.05) is 12.2 Å². The average Bonchev–Trinajstić information content (AvgIpc) is 2.77. The first kappa shape index (κ1) is 13.4. The van der Waals surface area contributed by atoms with E-state index in [1.807, 2.05) is 13.8 Å². The lowest BCUT2D eigenvalue weighted by atomic mass is 10.3. The average molecular weight is 270 g/mol. The van der Waals surface area contributed by atoms with Gasteiger partial charge < -0.3 is 5.32 Å². The van der Waals surface area contributed by atoms with Gasteiger partial charge in [0.2, 0.25) is 0 Å². The largest absolute Gasteiger partial charge is 0.435 e. The van der Waals surface area contributed by atoms with Crippen LogP contribution in [0.2, 0.25) is 0 Å². The number of pyridine rings is 1. The molecule has 0 aromatic carbocycles. The van der Waals surface area contributed by atoms with E-state index in [4.69, 9.17) is 0 Å². The Kier molecular flexibility index (Phi) is 3.46. The lowest BCUT2D eigenvalue weighted by Gasteiger charge is -2.10. The molecule has 2 heterocycles. The molecule has 19 heavy (non-hydrogen) atoms. The van der Waals surface area contributed by atoms with Gasteiger partial charge in [-0.15, -0.1) is 0 Å². The maximum Gasteiger partial charge on any atom is 0.435 e. The number of rotatable bonds is 3. The van der Waals surface area contributed by atoms with Gasteiger partial charge in [0.05, 0.1) is 0 Å². The summed E-state index contributed by atoms with van der Waals surface area (Å²) in [6.45, 7) is 3.90. The van der Waals surface area contributed by atoms with Crippen molar-refractivity contribution < 1.29 is 13.2 Å². The van der Waals surface area contributed by atoms with Crippen LogP contribution in [0.15, 0.2) is 30.5 Å². The minimum absolute atomic E-state index is 0.186. The fourth-order valence-corrected chi connectivity index (χ4v) is 1.53. The van der Waals surface area contributed by atoms with Gasteiger partial charge in [-0.25, -0.2) is 9.67 Å². The Morgan fingerprint density at radius 3 is 2.53 bits per heavy atom. The number of anilines is 1. The fraction of sp³-hybridized carbons (Fsp3) is 0.333. The molecule has 0 unspecified atom stereocenters. The van der Waals surface area contributed by atoms with E-state index in [1.54, 1.807) is 18.2 Å². The highest BCUT2D eigenvalue weighted by Gasteiger charge is 2.33. The van der Waals surface area contributed by atoms with Crippen LogP contribution < -0.4 is 5.32 Å². The van der Waals surface area contributed by atoms with Gasteiger partial charge in [-0.05, 0) is 32.0 Å². The Morgan fingerprint density at radius 2 is 1.95 bits per heavy atom. The topological polar surface area (TPSA) is 42.7 Å². The van der Waals surface area contributed by atoms with Gasteiger partial charge in [0.15, 0.2) is 11.5 Å². The van der Waals surface area contributed by atoms with Crippen LogP contribution in [0.1, 0.15) is 19.5 Å². The minimum atomic E-state index is -4.45. The number of hydrogen-bond acceptors (Lipinski definition) is 3. The van der Waals surface area contributed by atoms with E-state index in [0.717, 1.165) is 10.7 Å². The van der Waals surface area contributed by atoms with Gasteiger partial charge >= 0.3 is 6.18 Å². The fourth-order valence-electron chi connectivity index (χ4n) is 1.53. The van der Waals surface area contributed by atoms with Crippen molar-refractivity contribution in [3.63, 3.8) is 0 Å². The summed E-state index contributed by atoms with van der Waals surface area (Å²) < 4.78 is 38.5. The number of nitrogens with zero attached hydrogens (tertiary/aromatic N) is 3. The van der Waals surface area contributed by atoms with E-state index in [9.17, 15) is 13.2 Å². The van der Waals surface area contributed by atoms with E-state index >= 15 is 0 Å². The summed E-state index contributed by atoms with van der Waals surface area (Å²) >= 11 is 0. The number of halogens is 3. The summed E-state index contributed by atoms with van der Waals surface area (Å²) in [6.07, 6.45) is -3.21. The van der Waals surface area contributed by atoms with Crippen molar-refractivity contribution in [2.75, 3.05) is 5.32 Å². The second-order valence-electron chi connectivity index (χ2n) is 4.32. The third-order valence-corrected chi connectivity index (χ3v) is 2.29. The molecule has 102 valence electrons. The first-order valence-corrected chi connectivity index (χ1v) is 5.73. The second kappa shape index (κ2) is 4.91. The predicted molar refractivity (Wildman–Crippen MR) is 65.1 cm³/mol. The van der Waals surface area contributed by atoms with Gasteiger partial charge in [-0.2, -0.15) is 18.3 Å². The zero-order valence-corrected chi connectivity index (χ0v) is 10.4. The van der Waals surface area contributed by atoms with Crippen molar-refractivity contribution >= 4 is 5.82 Å². The number of hydrogen-bond donors (Lipinski definition) is 1. The van der Waals surface area contributed by atoms with Crippen LogP contribution in [0.3, 0.4) is 0 Å². The van der Waals surface area contributed by atoms with Crippen molar-refractivity contribution in [1.82, 2.24) is 14.8 Å². The summed E-state index contributed by atoms with van der Waals surface area (Å²) in [7, 11) is 0. The summed E-state index contributed by atoms with van der Waals surface area (Å²) in [6, 6.07) is 6.16. The Labute approximate surface area is 108 Å². The monoisotopic (exact) mass is 270 g/mol. The summed E-state index contributed by atoms with van der Waals surface area (Å²) in [5, 5.41) is 6.55. The molecule has 2 rings (SSSR count). The molecule has 0 saturated carbocycles. The molecule has 2 aromatic heterocycles. The first-order chi connectivity index (χ1) is 8.86. The molecular weight excluding hydrogens is 257 g/mol. The number of aromatic nitrogens is 3. The standard InChI is InChI=1S/C12H13F3N4/c1-8(2)16-10-4-3-5-11(17-10)19-7-6-9(18-19)12(13,14)15/h3-8H,1-2H3,(H,16,17). The molecule has 4 nitrogen and oxygen atoms in total. The molecule has 0 amide bonds. The lowest BCUT2D eigenvalue weighted by Crippen LogP contribution is -2.12. The van der Waals surface area contributed by atoms with Crippen molar-refractivity contribution in [2.24, 2.45) is 0 Å². The SMILES string of the molecule is CC(C)Nc1cccc(-n2ccc(C(F)(F)F)n2)n1. The maximum atomic E-state index is 12.5. The van der Waals surface area contributed by atoms with Crippen LogP contribution in [0.4, 0.5) is 19.0 Å². The van der Waals surface area contributed by atoms with Crippen molar-refractivity contribution in [3.05, 3.63) is 36.2 Å². The molecule has 0 fully saturated rings. The maximum absolute atomic E-state index is 12.5. The van der Waals surface area contributed by atoms with Crippen LogP contribution in [0.5, 0.6) is 0 Å². The molecule has 0 bridgehead atoms. The van der Waals surface area contributed by atoms with Gasteiger partial charge in [0.1, 0.15) is 5.82 Å². The highest BCUT2D eigenvalue weighted by atomic mass is 19.4. The van der Waals surface area contributed by atoms with Gasteiger partial charge in [0.25, 0.3) is 0 Å². The smallest absolute Gasteiger partial charge is 0.368 e. The van der Waals surface area contributed by atoms with E-state index in [-0.39, 0.29) is 6.04 Å². The molecule has 0 atom stereocenters. The van der Waals surface area contributed by atoms with Crippen molar-refractivity contribution in [3.8, 4) is 5.82 Å². The van der Waals surface area contributed by atoms with E-state index in [1.165, 1.54) is 6.20 Å². The normalized spacial score (nSPS) is 11.9. The highest BCUT2D eigenvalue weighted by molar-refractivity contribution is 5.40. The number of nitrogens with one attached hydrogen (secondary N) is 1. The molecular formula is C12H13F3N4. The molecule has 0 aliphatic rings. The van der Waals surface area contributed by atoms with Crippen molar-refractivity contribution in [1.29, 1.82) is 0 Å². The van der Waals surface area contributed by atoms with Gasteiger partial charge in [-0.3, -0.25) is 0 Å². The van der Waals surface area contributed by atoms with Crippen LogP contribution in [0.25, 0.3) is 5.82 Å². The molecule has 7 heteroatoms. The Morgan fingerprint density at radius 1 is 1.21 bits per heavy atom. The molecule has 0 spiro atoms. The molecule has 2 aromatic rings. The zero-order valence-electron chi connectivity index (χ0n) is 10.4. The van der Waals surface area contributed by atoms with Crippen LogP contribution in [-0.4, -0.2) is 20.8 Å². The molecule has 0 saturated heterocycles. The molecule has 0 radical (unpaired) electrons. The van der Waals surface area contributed by atoms with Crippen LogP contribution in [-0.2, 0) is 6.18 Å². The number of alkyl halides is 3. The third kappa shape index (κ3) is 3.24. The minimum Gasteiger partial charge on any atom is -0.368 e. The summed E-state index contributed by atoms with van der Waals surface area (Å²) in [5.74, 6) is 0.928. The van der Waals surface area contributed by atoms with Crippen LogP contribution >= 0.6 is 0 Å². The van der Waals surface area contributed by atoms with Gasteiger partial charge in [-0.1, -0.05) is 6.07 Å².